The van der Waals surface area contributed by atoms with Gasteiger partial charge in [0, 0.05) is 10.8 Å². The predicted octanol–water partition coefficient (Wildman–Crippen LogP) is 2.52. The van der Waals surface area contributed by atoms with Crippen LogP contribution in [0.3, 0.4) is 0 Å². The summed E-state index contributed by atoms with van der Waals surface area (Å²) in [6, 6.07) is 9.22. The van der Waals surface area contributed by atoms with Crippen LogP contribution in [0.1, 0.15) is 25.3 Å². The molecule has 0 fully saturated rings. The second-order valence-corrected chi connectivity index (χ2v) is 4.49. The molecule has 0 radical (unpaired) electrons. The van der Waals surface area contributed by atoms with E-state index in [1.165, 1.54) is 0 Å². The van der Waals surface area contributed by atoms with E-state index in [9.17, 15) is 14.9 Å². The predicted molar refractivity (Wildman–Crippen MR) is 65.4 cm³/mol. The summed E-state index contributed by atoms with van der Waals surface area (Å²) in [5.74, 6) is -0.566. The minimum atomic E-state index is -0.351. The summed E-state index contributed by atoms with van der Waals surface area (Å²) >= 11 is 0. The van der Waals surface area contributed by atoms with Crippen molar-refractivity contribution >= 4 is 6.29 Å². The third-order valence-electron chi connectivity index (χ3n) is 2.97. The molecule has 0 bridgehead atoms. The van der Waals surface area contributed by atoms with Gasteiger partial charge in [0.25, 0.3) is 0 Å². The molecule has 0 aliphatic rings. The van der Waals surface area contributed by atoms with Crippen LogP contribution in [0.5, 0.6) is 0 Å². The Morgan fingerprint density at radius 2 is 1.88 bits per heavy atom. The Bertz CT molecular complexity index is 376. The van der Waals surface area contributed by atoms with Crippen LogP contribution in [-0.4, -0.2) is 17.8 Å². The minimum absolute atomic E-state index is 0.0951. The monoisotopic (exact) mass is 235 g/mol. The molecule has 0 N–H and O–H groups in total. The number of carbonyl (C=O) groups is 1. The largest absolute Gasteiger partial charge is 0.303 e. The van der Waals surface area contributed by atoms with Gasteiger partial charge in [-0.15, -0.1) is 0 Å². The Hall–Kier alpha value is -1.71. The van der Waals surface area contributed by atoms with E-state index >= 15 is 0 Å². The van der Waals surface area contributed by atoms with Crippen LogP contribution >= 0.6 is 0 Å². The standard InChI is InChI=1S/C13H17NO3/c1-10(2)13(9-15)12(8-14(16)17)11-6-4-3-5-7-11/h3-7,9-10,12-13H,8H2,1-2H3/t12-,13-/m0/s1. The van der Waals surface area contributed by atoms with Crippen molar-refractivity contribution in [2.75, 3.05) is 6.54 Å². The van der Waals surface area contributed by atoms with E-state index in [0.717, 1.165) is 11.8 Å². The Labute approximate surface area is 101 Å². The Morgan fingerprint density at radius 3 is 2.29 bits per heavy atom. The molecule has 1 rings (SSSR count). The lowest BCUT2D eigenvalue weighted by Crippen LogP contribution is -2.26. The van der Waals surface area contributed by atoms with Gasteiger partial charge in [0.2, 0.25) is 6.54 Å². The highest BCUT2D eigenvalue weighted by atomic mass is 16.6. The molecule has 0 aromatic heterocycles. The first-order valence-electron chi connectivity index (χ1n) is 5.68. The maximum Gasteiger partial charge on any atom is 0.211 e. The normalized spacial score (nSPS) is 14.3. The van der Waals surface area contributed by atoms with E-state index in [1.54, 1.807) is 0 Å². The Balaban J connectivity index is 3.02. The van der Waals surface area contributed by atoms with Gasteiger partial charge in [0.1, 0.15) is 6.29 Å². The van der Waals surface area contributed by atoms with Crippen LogP contribution in [-0.2, 0) is 4.79 Å². The molecule has 0 amide bonds. The molecule has 2 atom stereocenters. The first-order chi connectivity index (χ1) is 8.06. The number of benzene rings is 1. The second-order valence-electron chi connectivity index (χ2n) is 4.49. The smallest absolute Gasteiger partial charge is 0.211 e. The lowest BCUT2D eigenvalue weighted by molar-refractivity contribution is -0.484. The van der Waals surface area contributed by atoms with Crippen LogP contribution < -0.4 is 0 Å². The van der Waals surface area contributed by atoms with E-state index in [2.05, 4.69) is 0 Å². The number of rotatable bonds is 6. The number of nitro groups is 1. The zero-order valence-electron chi connectivity index (χ0n) is 10.1. The molecule has 0 heterocycles. The molecule has 0 saturated heterocycles. The van der Waals surface area contributed by atoms with Crippen molar-refractivity contribution in [3.8, 4) is 0 Å². The fourth-order valence-corrected chi connectivity index (χ4v) is 2.03. The van der Waals surface area contributed by atoms with Crippen molar-refractivity contribution in [2.45, 2.75) is 19.8 Å². The summed E-state index contributed by atoms with van der Waals surface area (Å²) in [5, 5.41) is 10.7. The van der Waals surface area contributed by atoms with Crippen LogP contribution in [0, 0.1) is 22.0 Å². The van der Waals surface area contributed by atoms with E-state index < -0.39 is 0 Å². The first-order valence-corrected chi connectivity index (χ1v) is 5.68. The fraction of sp³-hybridized carbons (Fsp3) is 0.462. The van der Waals surface area contributed by atoms with Crippen molar-refractivity contribution < 1.29 is 9.72 Å². The van der Waals surface area contributed by atoms with Crippen LogP contribution in [0.4, 0.5) is 0 Å². The van der Waals surface area contributed by atoms with Crippen LogP contribution in [0.2, 0.25) is 0 Å². The van der Waals surface area contributed by atoms with Crippen molar-refractivity contribution in [3.63, 3.8) is 0 Å². The van der Waals surface area contributed by atoms with Crippen molar-refractivity contribution in [2.24, 2.45) is 11.8 Å². The molecule has 4 nitrogen and oxygen atoms in total. The van der Waals surface area contributed by atoms with E-state index in [-0.39, 0.29) is 29.2 Å². The highest BCUT2D eigenvalue weighted by molar-refractivity contribution is 5.56. The van der Waals surface area contributed by atoms with Gasteiger partial charge in [-0.25, -0.2) is 0 Å². The molecule has 0 unspecified atom stereocenters. The Morgan fingerprint density at radius 1 is 1.29 bits per heavy atom. The van der Waals surface area contributed by atoms with Crippen LogP contribution in [0.25, 0.3) is 0 Å². The third kappa shape index (κ3) is 3.66. The average Bonchev–Trinajstić information content (AvgIpc) is 2.29. The SMILES string of the molecule is CC(C)[C@H](C=O)[C@@H](C[N+](=O)[O-])c1ccccc1. The molecule has 4 heteroatoms. The summed E-state index contributed by atoms with van der Waals surface area (Å²) in [6.07, 6.45) is 0.839. The van der Waals surface area contributed by atoms with Crippen molar-refractivity contribution in [1.29, 1.82) is 0 Å². The summed E-state index contributed by atoms with van der Waals surface area (Å²) < 4.78 is 0. The molecule has 0 aliphatic heterocycles. The molecular weight excluding hydrogens is 218 g/mol. The average molecular weight is 235 g/mol. The quantitative estimate of drug-likeness (QED) is 0.432. The van der Waals surface area contributed by atoms with Gasteiger partial charge in [-0.2, -0.15) is 0 Å². The number of carbonyl (C=O) groups excluding carboxylic acids is 1. The van der Waals surface area contributed by atoms with Gasteiger partial charge in [0.15, 0.2) is 0 Å². The fourth-order valence-electron chi connectivity index (χ4n) is 2.03. The third-order valence-corrected chi connectivity index (χ3v) is 2.97. The maximum atomic E-state index is 11.1. The molecular formula is C13H17NO3. The maximum absolute atomic E-state index is 11.1. The summed E-state index contributed by atoms with van der Waals surface area (Å²) in [6.45, 7) is 3.62. The van der Waals surface area contributed by atoms with Crippen LogP contribution in [0.15, 0.2) is 30.3 Å². The minimum Gasteiger partial charge on any atom is -0.303 e. The first kappa shape index (κ1) is 13.4. The topological polar surface area (TPSA) is 60.2 Å². The van der Waals surface area contributed by atoms with E-state index in [1.807, 2.05) is 44.2 Å². The van der Waals surface area contributed by atoms with Gasteiger partial charge >= 0.3 is 0 Å². The van der Waals surface area contributed by atoms with Gasteiger partial charge in [-0.3, -0.25) is 10.1 Å². The van der Waals surface area contributed by atoms with Gasteiger partial charge < -0.3 is 4.79 Å². The Kier molecular flexibility index (Phi) is 4.82. The van der Waals surface area contributed by atoms with Crippen molar-refractivity contribution in [3.05, 3.63) is 46.0 Å². The zero-order chi connectivity index (χ0) is 12.8. The lowest BCUT2D eigenvalue weighted by Gasteiger charge is -2.22. The molecule has 17 heavy (non-hydrogen) atoms. The number of nitrogens with zero attached hydrogens (tertiary/aromatic N) is 1. The number of aldehydes is 1. The summed E-state index contributed by atoms with van der Waals surface area (Å²) in [5.41, 5.74) is 0.856. The summed E-state index contributed by atoms with van der Waals surface area (Å²) in [7, 11) is 0. The molecule has 0 spiro atoms. The van der Waals surface area contributed by atoms with E-state index in [4.69, 9.17) is 0 Å². The van der Waals surface area contributed by atoms with E-state index in [0.29, 0.717) is 0 Å². The highest BCUT2D eigenvalue weighted by Crippen LogP contribution is 2.29. The van der Waals surface area contributed by atoms with Gasteiger partial charge in [-0.05, 0) is 11.5 Å². The molecule has 1 aromatic rings. The van der Waals surface area contributed by atoms with Gasteiger partial charge in [-0.1, -0.05) is 44.2 Å². The molecule has 0 saturated carbocycles. The molecule has 92 valence electrons. The number of hydrogen-bond donors (Lipinski definition) is 0. The second kappa shape index (κ2) is 6.13. The molecule has 0 aliphatic carbocycles. The summed E-state index contributed by atoms with van der Waals surface area (Å²) in [4.78, 5) is 21.5. The lowest BCUT2D eigenvalue weighted by atomic mass is 9.80. The zero-order valence-corrected chi connectivity index (χ0v) is 10.1. The molecule has 1 aromatic carbocycles. The van der Waals surface area contributed by atoms with Crippen molar-refractivity contribution in [1.82, 2.24) is 0 Å². The van der Waals surface area contributed by atoms with Gasteiger partial charge in [0.05, 0.1) is 5.92 Å². The number of hydrogen-bond acceptors (Lipinski definition) is 3. The highest BCUT2D eigenvalue weighted by Gasteiger charge is 2.29.